The Bertz CT molecular complexity index is 666. The van der Waals surface area contributed by atoms with E-state index in [1.807, 2.05) is 18.2 Å². The second-order valence-corrected chi connectivity index (χ2v) is 5.95. The topological polar surface area (TPSA) is 68.1 Å². The van der Waals surface area contributed by atoms with E-state index in [-0.39, 0.29) is 6.03 Å². The average Bonchev–Trinajstić information content (AvgIpc) is 2.55. The van der Waals surface area contributed by atoms with Crippen molar-refractivity contribution in [3.8, 4) is 0 Å². The Kier molecular flexibility index (Phi) is 4.42. The third kappa shape index (κ3) is 3.47. The van der Waals surface area contributed by atoms with Crippen molar-refractivity contribution in [2.75, 3.05) is 11.9 Å². The molecule has 0 atom stereocenters. The van der Waals surface area contributed by atoms with Crippen LogP contribution in [0.5, 0.6) is 0 Å². The first-order chi connectivity index (χ1) is 10.7. The zero-order valence-electron chi connectivity index (χ0n) is 12.5. The molecule has 0 unspecified atom stereocenters. The molecule has 5 nitrogen and oxygen atoms in total. The maximum atomic E-state index is 12.0. The van der Waals surface area contributed by atoms with E-state index in [4.69, 9.17) is 0 Å². The van der Waals surface area contributed by atoms with E-state index in [9.17, 15) is 10.0 Å². The zero-order valence-corrected chi connectivity index (χ0v) is 12.5. The predicted octanol–water partition coefficient (Wildman–Crippen LogP) is 3.18. The molecule has 1 aliphatic rings. The van der Waals surface area contributed by atoms with Crippen molar-refractivity contribution < 1.29 is 9.52 Å². The van der Waals surface area contributed by atoms with Gasteiger partial charge in [-0.3, -0.25) is 0 Å². The number of aromatic nitrogens is 1. The van der Waals surface area contributed by atoms with Crippen LogP contribution in [0.15, 0.2) is 36.5 Å². The molecule has 1 heterocycles. The van der Waals surface area contributed by atoms with Crippen LogP contribution in [-0.4, -0.2) is 12.6 Å². The minimum Gasteiger partial charge on any atom is -0.618 e. The van der Waals surface area contributed by atoms with Crippen molar-refractivity contribution in [2.24, 2.45) is 5.92 Å². The van der Waals surface area contributed by atoms with Crippen molar-refractivity contribution in [2.45, 2.75) is 32.1 Å². The van der Waals surface area contributed by atoms with E-state index >= 15 is 0 Å². The second kappa shape index (κ2) is 6.64. The Hall–Kier alpha value is -2.30. The van der Waals surface area contributed by atoms with Crippen molar-refractivity contribution >= 4 is 22.6 Å². The molecule has 1 saturated carbocycles. The number of urea groups is 1. The highest BCUT2D eigenvalue weighted by molar-refractivity contribution is 5.91. The van der Waals surface area contributed by atoms with Gasteiger partial charge in [-0.05, 0) is 37.0 Å². The summed E-state index contributed by atoms with van der Waals surface area (Å²) in [7, 11) is 0. The molecule has 0 spiro atoms. The van der Waals surface area contributed by atoms with E-state index in [1.54, 1.807) is 12.1 Å². The Balaban J connectivity index is 1.60. The fourth-order valence-corrected chi connectivity index (χ4v) is 3.06. The molecule has 1 aromatic heterocycles. The van der Waals surface area contributed by atoms with Crippen LogP contribution in [0.4, 0.5) is 10.5 Å². The summed E-state index contributed by atoms with van der Waals surface area (Å²) in [4.78, 5) is 12.0. The summed E-state index contributed by atoms with van der Waals surface area (Å²) >= 11 is 0. The molecule has 1 aromatic carbocycles. The van der Waals surface area contributed by atoms with E-state index in [0.717, 1.165) is 16.7 Å². The lowest BCUT2D eigenvalue weighted by molar-refractivity contribution is -0.576. The molecule has 5 heteroatoms. The highest BCUT2D eigenvalue weighted by Gasteiger charge is 2.14. The predicted molar refractivity (Wildman–Crippen MR) is 86.5 cm³/mol. The van der Waals surface area contributed by atoms with Crippen LogP contribution >= 0.6 is 0 Å². The van der Waals surface area contributed by atoms with E-state index in [2.05, 4.69) is 10.6 Å². The number of carbonyl (C=O) groups is 1. The Morgan fingerprint density at radius 1 is 1.23 bits per heavy atom. The third-order valence-corrected chi connectivity index (χ3v) is 4.30. The average molecular weight is 299 g/mol. The van der Waals surface area contributed by atoms with Crippen LogP contribution in [-0.2, 0) is 0 Å². The molecule has 1 fully saturated rings. The first-order valence-corrected chi connectivity index (χ1v) is 7.89. The SMILES string of the molecule is O=C(NCC1CCCCC1)Nc1ccc2ccc[n+]([O-])c2c1. The van der Waals surface area contributed by atoms with Gasteiger partial charge in [0.2, 0.25) is 5.52 Å². The number of nitrogens with one attached hydrogen (secondary N) is 2. The first-order valence-electron chi connectivity index (χ1n) is 7.89. The number of benzene rings is 1. The molecule has 0 aliphatic heterocycles. The van der Waals surface area contributed by atoms with Gasteiger partial charge in [-0.25, -0.2) is 4.79 Å². The third-order valence-electron chi connectivity index (χ3n) is 4.30. The van der Waals surface area contributed by atoms with Gasteiger partial charge in [0, 0.05) is 29.8 Å². The second-order valence-electron chi connectivity index (χ2n) is 5.95. The summed E-state index contributed by atoms with van der Waals surface area (Å²) in [5.41, 5.74) is 1.18. The van der Waals surface area contributed by atoms with Crippen LogP contribution < -0.4 is 15.4 Å². The number of hydrogen-bond acceptors (Lipinski definition) is 2. The highest BCUT2D eigenvalue weighted by atomic mass is 16.5. The number of pyridine rings is 1. The largest absolute Gasteiger partial charge is 0.618 e. The molecule has 2 amide bonds. The molecule has 2 N–H and O–H groups in total. The van der Waals surface area contributed by atoms with Gasteiger partial charge in [0.25, 0.3) is 0 Å². The lowest BCUT2D eigenvalue weighted by Crippen LogP contribution is -2.33. The summed E-state index contributed by atoms with van der Waals surface area (Å²) in [6.07, 6.45) is 7.70. The number of carbonyl (C=O) groups excluding carboxylic acids is 1. The maximum absolute atomic E-state index is 12.0. The van der Waals surface area contributed by atoms with Crippen LogP contribution in [0.1, 0.15) is 32.1 Å². The van der Waals surface area contributed by atoms with Crippen LogP contribution in [0.3, 0.4) is 0 Å². The molecule has 0 saturated heterocycles. The fraction of sp³-hybridized carbons (Fsp3) is 0.412. The van der Waals surface area contributed by atoms with Gasteiger partial charge in [0.05, 0.1) is 0 Å². The number of amides is 2. The number of nitrogens with zero attached hydrogens (tertiary/aromatic N) is 1. The number of rotatable bonds is 3. The molecule has 2 aromatic rings. The number of hydrogen-bond donors (Lipinski definition) is 2. The Labute approximate surface area is 129 Å². The van der Waals surface area contributed by atoms with Gasteiger partial charge in [0.15, 0.2) is 6.20 Å². The molecule has 0 radical (unpaired) electrons. The molecule has 0 bridgehead atoms. The van der Waals surface area contributed by atoms with Gasteiger partial charge in [-0.15, -0.1) is 0 Å². The summed E-state index contributed by atoms with van der Waals surface area (Å²) in [5.74, 6) is 0.597. The van der Waals surface area contributed by atoms with Crippen molar-refractivity contribution in [3.05, 3.63) is 41.7 Å². The van der Waals surface area contributed by atoms with Crippen molar-refractivity contribution in [1.29, 1.82) is 0 Å². The normalized spacial score (nSPS) is 15.6. The van der Waals surface area contributed by atoms with Gasteiger partial charge in [-0.2, -0.15) is 4.73 Å². The van der Waals surface area contributed by atoms with Gasteiger partial charge >= 0.3 is 6.03 Å². The molecular weight excluding hydrogens is 278 g/mol. The monoisotopic (exact) mass is 299 g/mol. The Morgan fingerprint density at radius 2 is 2.05 bits per heavy atom. The van der Waals surface area contributed by atoms with Crippen LogP contribution in [0.2, 0.25) is 0 Å². The zero-order chi connectivity index (χ0) is 15.4. The van der Waals surface area contributed by atoms with E-state index < -0.39 is 0 Å². The molecule has 3 rings (SSSR count). The van der Waals surface area contributed by atoms with Crippen molar-refractivity contribution in [3.63, 3.8) is 0 Å². The molecule has 1 aliphatic carbocycles. The van der Waals surface area contributed by atoms with Gasteiger partial charge in [-0.1, -0.05) is 19.3 Å². The standard InChI is InChI=1S/C17H21N3O2/c21-17(18-12-13-5-2-1-3-6-13)19-15-9-8-14-7-4-10-20(22)16(14)11-15/h4,7-11,13H,1-3,5-6,12H2,(H2,18,19,21). The molecular formula is C17H21N3O2. The van der Waals surface area contributed by atoms with Gasteiger partial charge in [0.1, 0.15) is 0 Å². The van der Waals surface area contributed by atoms with Gasteiger partial charge < -0.3 is 15.8 Å². The number of fused-ring (bicyclic) bond motifs is 1. The summed E-state index contributed by atoms with van der Waals surface area (Å²) in [6.45, 7) is 0.723. The van der Waals surface area contributed by atoms with Crippen LogP contribution in [0.25, 0.3) is 10.9 Å². The first kappa shape index (κ1) is 14.6. The lowest BCUT2D eigenvalue weighted by atomic mass is 9.89. The minimum absolute atomic E-state index is 0.210. The quantitative estimate of drug-likeness (QED) is 0.675. The summed E-state index contributed by atoms with van der Waals surface area (Å²) in [6, 6.07) is 8.71. The lowest BCUT2D eigenvalue weighted by Gasteiger charge is -2.21. The maximum Gasteiger partial charge on any atom is 0.319 e. The van der Waals surface area contributed by atoms with Crippen molar-refractivity contribution in [1.82, 2.24) is 5.32 Å². The summed E-state index contributed by atoms with van der Waals surface area (Å²) in [5, 5.41) is 18.3. The molecule has 116 valence electrons. The fourth-order valence-electron chi connectivity index (χ4n) is 3.06. The number of anilines is 1. The Morgan fingerprint density at radius 3 is 2.86 bits per heavy atom. The highest BCUT2D eigenvalue weighted by Crippen LogP contribution is 2.22. The van der Waals surface area contributed by atoms with E-state index in [0.29, 0.717) is 17.1 Å². The van der Waals surface area contributed by atoms with E-state index in [1.165, 1.54) is 38.3 Å². The smallest absolute Gasteiger partial charge is 0.319 e. The molecule has 22 heavy (non-hydrogen) atoms. The van der Waals surface area contributed by atoms with Crippen LogP contribution in [0, 0.1) is 11.1 Å². The summed E-state index contributed by atoms with van der Waals surface area (Å²) < 4.78 is 0.806. The minimum atomic E-state index is -0.210.